The molecule has 150 valence electrons. The number of rotatable bonds is 7. The number of fused-ring (bicyclic) bond motifs is 1. The van der Waals surface area contributed by atoms with Gasteiger partial charge in [0.05, 0.1) is 18.4 Å². The number of anilines is 1. The van der Waals surface area contributed by atoms with Crippen molar-refractivity contribution in [3.8, 4) is 5.75 Å². The molecular formula is C20H19FN4O2S2. The summed E-state index contributed by atoms with van der Waals surface area (Å²) >= 11 is 2.74. The van der Waals surface area contributed by atoms with Crippen LogP contribution in [0.2, 0.25) is 0 Å². The van der Waals surface area contributed by atoms with Gasteiger partial charge in [-0.05, 0) is 23.8 Å². The van der Waals surface area contributed by atoms with Crippen molar-refractivity contribution in [1.82, 2.24) is 15.5 Å². The first-order valence-corrected chi connectivity index (χ1v) is 10.9. The fourth-order valence-corrected chi connectivity index (χ4v) is 4.53. The molecule has 1 unspecified atom stereocenters. The second kappa shape index (κ2) is 9.23. The summed E-state index contributed by atoms with van der Waals surface area (Å²) < 4.78 is 19.3. The lowest BCUT2D eigenvalue weighted by Gasteiger charge is -2.26. The van der Waals surface area contributed by atoms with E-state index < -0.39 is 0 Å². The van der Waals surface area contributed by atoms with Crippen LogP contribution < -0.4 is 15.4 Å². The van der Waals surface area contributed by atoms with Crippen molar-refractivity contribution in [2.45, 2.75) is 23.3 Å². The quantitative estimate of drug-likeness (QED) is 0.552. The van der Waals surface area contributed by atoms with E-state index in [0.29, 0.717) is 22.6 Å². The number of benzene rings is 2. The summed E-state index contributed by atoms with van der Waals surface area (Å²) in [4.78, 5) is 12.4. The predicted molar refractivity (Wildman–Crippen MR) is 112 cm³/mol. The zero-order valence-electron chi connectivity index (χ0n) is 15.4. The highest BCUT2D eigenvalue weighted by Crippen LogP contribution is 2.32. The van der Waals surface area contributed by atoms with Crippen LogP contribution in [-0.2, 0) is 11.3 Å². The van der Waals surface area contributed by atoms with Gasteiger partial charge in [-0.25, -0.2) is 4.39 Å². The fraction of sp³-hybridized carbons (Fsp3) is 0.250. The van der Waals surface area contributed by atoms with E-state index in [4.69, 9.17) is 4.74 Å². The third kappa shape index (κ3) is 5.24. The van der Waals surface area contributed by atoms with Crippen LogP contribution in [0.25, 0.3) is 0 Å². The Balaban J connectivity index is 1.25. The molecule has 1 amide bonds. The molecule has 1 atom stereocenters. The molecule has 0 fully saturated rings. The maximum atomic E-state index is 12.9. The van der Waals surface area contributed by atoms with Gasteiger partial charge in [0.2, 0.25) is 11.0 Å². The SMILES string of the molecule is O=C(CSc1nnc(NCc2ccc(F)cc2)s1)NC1CCOc2ccccc21. The van der Waals surface area contributed by atoms with Crippen LogP contribution in [-0.4, -0.2) is 28.5 Å². The molecule has 2 aromatic carbocycles. The molecule has 0 saturated heterocycles. The third-order valence-electron chi connectivity index (χ3n) is 4.38. The van der Waals surface area contributed by atoms with Gasteiger partial charge < -0.3 is 15.4 Å². The number of carbonyl (C=O) groups is 1. The molecule has 3 aromatic rings. The zero-order chi connectivity index (χ0) is 20.1. The van der Waals surface area contributed by atoms with Gasteiger partial charge in [-0.15, -0.1) is 10.2 Å². The van der Waals surface area contributed by atoms with Gasteiger partial charge in [0.1, 0.15) is 11.6 Å². The number of ether oxygens (including phenoxy) is 1. The second-order valence-corrected chi connectivity index (χ2v) is 8.64. The van der Waals surface area contributed by atoms with Gasteiger partial charge >= 0.3 is 0 Å². The molecule has 0 radical (unpaired) electrons. The van der Waals surface area contributed by atoms with E-state index in [0.717, 1.165) is 23.3 Å². The number of para-hydroxylation sites is 1. The summed E-state index contributed by atoms with van der Waals surface area (Å²) in [5, 5.41) is 15.1. The molecule has 1 aromatic heterocycles. The fourth-order valence-electron chi connectivity index (χ4n) is 2.97. The standard InChI is InChI=1S/C20H19FN4O2S2/c21-14-7-5-13(6-8-14)11-22-19-24-25-20(29-19)28-12-18(26)23-16-9-10-27-17-4-2-1-3-15(16)17/h1-8,16H,9-12H2,(H,22,24)(H,23,26). The van der Waals surface area contributed by atoms with Crippen LogP contribution >= 0.6 is 23.1 Å². The first kappa shape index (κ1) is 19.7. The number of aromatic nitrogens is 2. The number of carbonyl (C=O) groups excluding carboxylic acids is 1. The summed E-state index contributed by atoms with van der Waals surface area (Å²) in [5.74, 6) is 0.794. The summed E-state index contributed by atoms with van der Waals surface area (Å²) in [6, 6.07) is 14.0. The molecule has 0 aliphatic carbocycles. The van der Waals surface area contributed by atoms with E-state index in [1.807, 2.05) is 24.3 Å². The highest BCUT2D eigenvalue weighted by Gasteiger charge is 2.22. The molecule has 2 heterocycles. The van der Waals surface area contributed by atoms with Gasteiger partial charge in [0.25, 0.3) is 0 Å². The smallest absolute Gasteiger partial charge is 0.230 e. The van der Waals surface area contributed by atoms with Crippen LogP contribution in [0.15, 0.2) is 52.9 Å². The van der Waals surface area contributed by atoms with Crippen LogP contribution in [0.4, 0.5) is 9.52 Å². The molecule has 29 heavy (non-hydrogen) atoms. The van der Waals surface area contributed by atoms with Crippen LogP contribution in [0, 0.1) is 5.82 Å². The highest BCUT2D eigenvalue weighted by molar-refractivity contribution is 8.01. The molecule has 9 heteroatoms. The van der Waals surface area contributed by atoms with E-state index in [-0.39, 0.29) is 23.5 Å². The molecule has 1 aliphatic rings. The monoisotopic (exact) mass is 430 g/mol. The predicted octanol–water partition coefficient (Wildman–Crippen LogP) is 4.02. The summed E-state index contributed by atoms with van der Waals surface area (Å²) in [6.45, 7) is 1.12. The molecule has 6 nitrogen and oxygen atoms in total. The first-order valence-electron chi connectivity index (χ1n) is 9.13. The van der Waals surface area contributed by atoms with Crippen LogP contribution in [0.1, 0.15) is 23.6 Å². The third-order valence-corrected chi connectivity index (χ3v) is 6.40. The van der Waals surface area contributed by atoms with Gasteiger partial charge in [-0.2, -0.15) is 0 Å². The van der Waals surface area contributed by atoms with E-state index in [9.17, 15) is 9.18 Å². The summed E-state index contributed by atoms with van der Waals surface area (Å²) in [7, 11) is 0. The van der Waals surface area contributed by atoms with Crippen molar-refractivity contribution in [2.24, 2.45) is 0 Å². The number of hydrogen-bond acceptors (Lipinski definition) is 7. The van der Waals surface area contributed by atoms with E-state index in [1.54, 1.807) is 12.1 Å². The van der Waals surface area contributed by atoms with E-state index in [1.165, 1.54) is 35.2 Å². The van der Waals surface area contributed by atoms with Crippen molar-refractivity contribution < 1.29 is 13.9 Å². The number of halogens is 1. The minimum atomic E-state index is -0.258. The molecule has 2 N–H and O–H groups in total. The average Bonchev–Trinajstić information content (AvgIpc) is 3.20. The Hall–Kier alpha value is -2.65. The Morgan fingerprint density at radius 3 is 2.90 bits per heavy atom. The number of thioether (sulfide) groups is 1. The molecule has 0 spiro atoms. The Labute approximate surface area is 175 Å². The van der Waals surface area contributed by atoms with Crippen molar-refractivity contribution in [3.05, 3.63) is 65.5 Å². The van der Waals surface area contributed by atoms with Gasteiger partial charge in [0.15, 0.2) is 4.34 Å². The lowest BCUT2D eigenvalue weighted by molar-refractivity contribution is -0.119. The van der Waals surface area contributed by atoms with Gasteiger partial charge in [-0.1, -0.05) is 53.4 Å². The number of hydrogen-bond donors (Lipinski definition) is 2. The Morgan fingerprint density at radius 1 is 1.21 bits per heavy atom. The van der Waals surface area contributed by atoms with Crippen LogP contribution in [0.3, 0.4) is 0 Å². The summed E-state index contributed by atoms with van der Waals surface area (Å²) in [6.07, 6.45) is 0.754. The van der Waals surface area contributed by atoms with E-state index >= 15 is 0 Å². The molecule has 1 aliphatic heterocycles. The molecule has 0 saturated carbocycles. The normalized spacial score (nSPS) is 15.3. The number of amides is 1. The van der Waals surface area contributed by atoms with Crippen molar-refractivity contribution in [3.63, 3.8) is 0 Å². The topological polar surface area (TPSA) is 76.1 Å². The van der Waals surface area contributed by atoms with Crippen molar-refractivity contribution in [1.29, 1.82) is 0 Å². The maximum Gasteiger partial charge on any atom is 0.230 e. The van der Waals surface area contributed by atoms with Crippen molar-refractivity contribution >= 4 is 34.1 Å². The molecule has 4 rings (SSSR count). The van der Waals surface area contributed by atoms with Crippen molar-refractivity contribution in [2.75, 3.05) is 17.7 Å². The lowest BCUT2D eigenvalue weighted by Crippen LogP contribution is -2.33. The first-order chi connectivity index (χ1) is 14.2. The average molecular weight is 431 g/mol. The minimum absolute atomic E-state index is 0.0320. The molecule has 0 bridgehead atoms. The zero-order valence-corrected chi connectivity index (χ0v) is 17.1. The second-order valence-electron chi connectivity index (χ2n) is 6.44. The minimum Gasteiger partial charge on any atom is -0.493 e. The number of nitrogens with zero attached hydrogens (tertiary/aromatic N) is 2. The van der Waals surface area contributed by atoms with Gasteiger partial charge in [-0.3, -0.25) is 4.79 Å². The largest absolute Gasteiger partial charge is 0.493 e. The Kier molecular flexibility index (Phi) is 6.26. The highest BCUT2D eigenvalue weighted by atomic mass is 32.2. The van der Waals surface area contributed by atoms with E-state index in [2.05, 4.69) is 20.8 Å². The Bertz CT molecular complexity index is 981. The Morgan fingerprint density at radius 2 is 2.03 bits per heavy atom. The molecular weight excluding hydrogens is 411 g/mol. The maximum absolute atomic E-state index is 12.9. The number of nitrogens with one attached hydrogen (secondary N) is 2. The van der Waals surface area contributed by atoms with Gasteiger partial charge in [0, 0.05) is 18.5 Å². The summed E-state index contributed by atoms with van der Waals surface area (Å²) in [5.41, 5.74) is 1.97. The lowest BCUT2D eigenvalue weighted by atomic mass is 10.0. The van der Waals surface area contributed by atoms with Crippen LogP contribution in [0.5, 0.6) is 5.75 Å².